The van der Waals surface area contributed by atoms with Crippen LogP contribution in [0.25, 0.3) is 0 Å². The predicted molar refractivity (Wildman–Crippen MR) is 164 cm³/mol. The summed E-state index contributed by atoms with van der Waals surface area (Å²) in [6, 6.07) is 22.9. The molecule has 0 unspecified atom stereocenters. The summed E-state index contributed by atoms with van der Waals surface area (Å²) >= 11 is 3.49. The zero-order valence-corrected chi connectivity index (χ0v) is 25.6. The summed E-state index contributed by atoms with van der Waals surface area (Å²) in [5.74, 6) is 1.16. The fourth-order valence-electron chi connectivity index (χ4n) is 4.43. The lowest BCUT2D eigenvalue weighted by atomic mass is 10.0. The molecule has 2 atom stereocenters. The molecule has 2 amide bonds. The van der Waals surface area contributed by atoms with Crippen molar-refractivity contribution in [2.75, 3.05) is 13.2 Å². The standard InChI is InChI=1S/C33H41BrN2O4/c1-5-24(4)35-33(38)29(21-25-11-9-8-10-12-25)36(23-27-13-17-28(34)18-14-27)32(37)20-16-26-15-19-30(39-6-2)31(22-26)40-7-3/h8-15,17-19,22,24,29H,5-7,16,20-21,23H2,1-4H3,(H,35,38)/t24-,29+/m1/s1. The van der Waals surface area contributed by atoms with E-state index >= 15 is 0 Å². The van der Waals surface area contributed by atoms with E-state index in [-0.39, 0.29) is 24.3 Å². The Morgan fingerprint density at radius 2 is 1.50 bits per heavy atom. The molecule has 1 N–H and O–H groups in total. The van der Waals surface area contributed by atoms with E-state index in [1.807, 2.05) is 100 Å². The average molecular weight is 610 g/mol. The van der Waals surface area contributed by atoms with Crippen molar-refractivity contribution in [1.29, 1.82) is 0 Å². The van der Waals surface area contributed by atoms with Crippen LogP contribution in [0, 0.1) is 0 Å². The lowest BCUT2D eigenvalue weighted by Gasteiger charge is -2.32. The van der Waals surface area contributed by atoms with Crippen LogP contribution < -0.4 is 14.8 Å². The Hall–Kier alpha value is -3.32. The van der Waals surface area contributed by atoms with Crippen molar-refractivity contribution in [3.8, 4) is 11.5 Å². The number of carbonyl (C=O) groups excluding carboxylic acids is 2. The minimum atomic E-state index is -0.646. The maximum Gasteiger partial charge on any atom is 0.243 e. The van der Waals surface area contributed by atoms with Crippen molar-refractivity contribution in [2.24, 2.45) is 0 Å². The molecule has 0 aliphatic rings. The molecule has 40 heavy (non-hydrogen) atoms. The molecule has 0 aliphatic carbocycles. The molecule has 0 heterocycles. The number of amides is 2. The highest BCUT2D eigenvalue weighted by atomic mass is 79.9. The first kappa shape index (κ1) is 31.2. The number of aryl methyl sites for hydroxylation is 1. The Bertz CT molecular complexity index is 1220. The van der Waals surface area contributed by atoms with Gasteiger partial charge in [-0.1, -0.05) is 71.4 Å². The molecular formula is C33H41BrN2O4. The number of nitrogens with one attached hydrogen (secondary N) is 1. The summed E-state index contributed by atoms with van der Waals surface area (Å²) in [5.41, 5.74) is 2.95. The molecule has 3 aromatic carbocycles. The van der Waals surface area contributed by atoms with Crippen LogP contribution in [0.4, 0.5) is 0 Å². The Morgan fingerprint density at radius 1 is 0.850 bits per heavy atom. The lowest BCUT2D eigenvalue weighted by molar-refractivity contribution is -0.141. The van der Waals surface area contributed by atoms with Crippen molar-refractivity contribution in [2.45, 2.75) is 72.0 Å². The van der Waals surface area contributed by atoms with Gasteiger partial charge in [-0.2, -0.15) is 0 Å². The van der Waals surface area contributed by atoms with Gasteiger partial charge in [-0.25, -0.2) is 0 Å². The first-order chi connectivity index (χ1) is 19.3. The summed E-state index contributed by atoms with van der Waals surface area (Å²) in [7, 11) is 0. The Labute approximate surface area is 247 Å². The molecule has 6 nitrogen and oxygen atoms in total. The third kappa shape index (κ3) is 9.40. The highest BCUT2D eigenvalue weighted by Gasteiger charge is 2.30. The number of ether oxygens (including phenoxy) is 2. The van der Waals surface area contributed by atoms with E-state index < -0.39 is 6.04 Å². The number of halogens is 1. The zero-order valence-electron chi connectivity index (χ0n) is 24.0. The van der Waals surface area contributed by atoms with Crippen LogP contribution in [0.3, 0.4) is 0 Å². The molecule has 0 saturated carbocycles. The molecule has 3 aromatic rings. The van der Waals surface area contributed by atoms with Gasteiger partial charge >= 0.3 is 0 Å². The maximum atomic E-state index is 13.9. The second-order valence-corrected chi connectivity index (χ2v) is 10.7. The van der Waals surface area contributed by atoms with Crippen LogP contribution in [0.2, 0.25) is 0 Å². The van der Waals surface area contributed by atoms with Gasteiger partial charge in [-0.15, -0.1) is 0 Å². The molecule has 0 fully saturated rings. The molecule has 0 bridgehead atoms. The van der Waals surface area contributed by atoms with Crippen molar-refractivity contribution in [3.63, 3.8) is 0 Å². The molecule has 0 radical (unpaired) electrons. The van der Waals surface area contributed by atoms with E-state index in [1.54, 1.807) is 4.90 Å². The van der Waals surface area contributed by atoms with Gasteiger partial charge in [-0.05, 0) is 74.6 Å². The second-order valence-electron chi connectivity index (χ2n) is 9.82. The van der Waals surface area contributed by atoms with Crippen LogP contribution in [-0.2, 0) is 29.0 Å². The van der Waals surface area contributed by atoms with Gasteiger partial charge < -0.3 is 19.7 Å². The van der Waals surface area contributed by atoms with E-state index in [9.17, 15) is 9.59 Å². The Kier molecular flexibility index (Phi) is 12.5. The molecule has 3 rings (SSSR count). The van der Waals surface area contributed by atoms with Crippen molar-refractivity contribution in [3.05, 3.63) is 94.0 Å². The highest BCUT2D eigenvalue weighted by Crippen LogP contribution is 2.29. The minimum absolute atomic E-state index is 0.0104. The predicted octanol–water partition coefficient (Wildman–Crippen LogP) is 6.73. The van der Waals surface area contributed by atoms with Crippen LogP contribution in [-0.4, -0.2) is 42.0 Å². The monoisotopic (exact) mass is 608 g/mol. The number of carbonyl (C=O) groups is 2. The molecule has 0 saturated heterocycles. The first-order valence-corrected chi connectivity index (χ1v) is 14.9. The van der Waals surface area contributed by atoms with Gasteiger partial charge in [0.25, 0.3) is 0 Å². The fraction of sp³-hybridized carbons (Fsp3) is 0.394. The van der Waals surface area contributed by atoms with Gasteiger partial charge in [0, 0.05) is 29.9 Å². The van der Waals surface area contributed by atoms with Crippen LogP contribution >= 0.6 is 15.9 Å². The molecule has 0 aromatic heterocycles. The van der Waals surface area contributed by atoms with Gasteiger partial charge in [0.15, 0.2) is 11.5 Å². The molecule has 7 heteroatoms. The van der Waals surface area contributed by atoms with Crippen LogP contribution in [0.5, 0.6) is 11.5 Å². The number of benzene rings is 3. The topological polar surface area (TPSA) is 67.9 Å². The van der Waals surface area contributed by atoms with Gasteiger partial charge in [0.05, 0.1) is 13.2 Å². The maximum absolute atomic E-state index is 13.9. The number of nitrogens with zero attached hydrogens (tertiary/aromatic N) is 1. The SMILES string of the molecule is CCOc1ccc(CCC(=O)N(Cc2ccc(Br)cc2)[C@@H](Cc2ccccc2)C(=O)N[C@H](C)CC)cc1OCC. The van der Waals surface area contributed by atoms with Gasteiger partial charge in [0.1, 0.15) is 6.04 Å². The minimum Gasteiger partial charge on any atom is -0.490 e. The quantitative estimate of drug-likeness (QED) is 0.208. The van der Waals surface area contributed by atoms with Crippen LogP contribution in [0.1, 0.15) is 57.2 Å². The van der Waals surface area contributed by atoms with E-state index in [0.29, 0.717) is 44.1 Å². The smallest absolute Gasteiger partial charge is 0.243 e. The summed E-state index contributed by atoms with van der Waals surface area (Å²) < 4.78 is 12.4. The van der Waals surface area contributed by atoms with Crippen LogP contribution in [0.15, 0.2) is 77.3 Å². The van der Waals surface area contributed by atoms with Crippen molar-refractivity contribution >= 4 is 27.7 Å². The number of hydrogen-bond donors (Lipinski definition) is 1. The highest BCUT2D eigenvalue weighted by molar-refractivity contribution is 9.10. The summed E-state index contributed by atoms with van der Waals surface area (Å²) in [4.78, 5) is 29.3. The van der Waals surface area contributed by atoms with Gasteiger partial charge in [-0.3, -0.25) is 9.59 Å². The fourth-order valence-corrected chi connectivity index (χ4v) is 4.69. The summed E-state index contributed by atoms with van der Waals surface area (Å²) in [5, 5.41) is 3.12. The third-order valence-corrected chi connectivity index (χ3v) is 7.30. The van der Waals surface area contributed by atoms with E-state index in [2.05, 4.69) is 21.2 Å². The van der Waals surface area contributed by atoms with E-state index in [0.717, 1.165) is 27.6 Å². The molecule has 0 spiro atoms. The largest absolute Gasteiger partial charge is 0.490 e. The number of hydrogen-bond acceptors (Lipinski definition) is 4. The number of rotatable bonds is 15. The molecule has 0 aliphatic heterocycles. The van der Waals surface area contributed by atoms with E-state index in [4.69, 9.17) is 9.47 Å². The zero-order chi connectivity index (χ0) is 28.9. The van der Waals surface area contributed by atoms with Gasteiger partial charge in [0.2, 0.25) is 11.8 Å². The Balaban J connectivity index is 1.90. The normalized spacial score (nSPS) is 12.3. The molecular weight excluding hydrogens is 568 g/mol. The average Bonchev–Trinajstić information content (AvgIpc) is 2.96. The third-order valence-electron chi connectivity index (χ3n) is 6.77. The van der Waals surface area contributed by atoms with E-state index in [1.165, 1.54) is 0 Å². The molecule has 214 valence electrons. The Morgan fingerprint density at radius 3 is 2.15 bits per heavy atom. The second kappa shape index (κ2) is 16.1. The summed E-state index contributed by atoms with van der Waals surface area (Å²) in [6.45, 7) is 9.30. The van der Waals surface area contributed by atoms with Crippen molar-refractivity contribution < 1.29 is 19.1 Å². The first-order valence-electron chi connectivity index (χ1n) is 14.1. The van der Waals surface area contributed by atoms with Crippen molar-refractivity contribution in [1.82, 2.24) is 10.2 Å². The summed E-state index contributed by atoms with van der Waals surface area (Å²) in [6.07, 6.45) is 2.03. The lowest BCUT2D eigenvalue weighted by Crippen LogP contribution is -2.52.